The monoisotopic (exact) mass is 350 g/mol. The minimum absolute atomic E-state index is 0.135. The Bertz CT molecular complexity index is 601. The highest BCUT2D eigenvalue weighted by Crippen LogP contribution is 2.32. The standard InChI is InChI=1S/C18H26N2O3S/c1-13-4-6-16(24-13)18(23)19-10-8-15-14(12-19)5-7-17(22)20(15)9-2-3-11-21/h4,6,14-15,21H,2-3,5,7-12H2,1H3/t14-,15+/m0/s1. The molecule has 0 unspecified atom stereocenters. The summed E-state index contributed by atoms with van der Waals surface area (Å²) in [5.74, 6) is 0.758. The van der Waals surface area contributed by atoms with E-state index in [0.29, 0.717) is 12.3 Å². The van der Waals surface area contributed by atoms with E-state index in [4.69, 9.17) is 5.11 Å². The Labute approximate surface area is 147 Å². The van der Waals surface area contributed by atoms with Gasteiger partial charge < -0.3 is 14.9 Å². The predicted octanol–water partition coefficient (Wildman–Crippen LogP) is 2.28. The molecule has 0 aliphatic carbocycles. The summed E-state index contributed by atoms with van der Waals surface area (Å²) in [6.45, 7) is 4.41. The van der Waals surface area contributed by atoms with Crippen LogP contribution < -0.4 is 0 Å². The van der Waals surface area contributed by atoms with E-state index in [9.17, 15) is 9.59 Å². The molecule has 6 heteroatoms. The maximum atomic E-state index is 12.7. The number of carbonyl (C=O) groups is 2. The number of aryl methyl sites for hydroxylation is 1. The second-order valence-corrected chi connectivity index (χ2v) is 8.12. The lowest BCUT2D eigenvalue weighted by molar-refractivity contribution is -0.140. The average molecular weight is 350 g/mol. The van der Waals surface area contributed by atoms with Crippen molar-refractivity contribution in [3.63, 3.8) is 0 Å². The van der Waals surface area contributed by atoms with Crippen LogP contribution in [0.1, 0.15) is 46.7 Å². The Morgan fingerprint density at radius 2 is 2.17 bits per heavy atom. The molecule has 2 saturated heterocycles. The van der Waals surface area contributed by atoms with Crippen molar-refractivity contribution in [3.05, 3.63) is 21.9 Å². The third-order valence-electron chi connectivity index (χ3n) is 5.19. The lowest BCUT2D eigenvalue weighted by Crippen LogP contribution is -2.57. The average Bonchev–Trinajstić information content (AvgIpc) is 3.02. The van der Waals surface area contributed by atoms with Crippen LogP contribution >= 0.6 is 11.3 Å². The maximum absolute atomic E-state index is 12.7. The molecule has 0 aromatic carbocycles. The van der Waals surface area contributed by atoms with E-state index in [1.165, 1.54) is 0 Å². The number of hydrogen-bond acceptors (Lipinski definition) is 4. The van der Waals surface area contributed by atoms with Crippen LogP contribution in [0, 0.1) is 12.8 Å². The summed E-state index contributed by atoms with van der Waals surface area (Å²) >= 11 is 1.55. The van der Waals surface area contributed by atoms with Crippen LogP contribution in [0.4, 0.5) is 0 Å². The van der Waals surface area contributed by atoms with Crippen LogP contribution in [-0.2, 0) is 4.79 Å². The van der Waals surface area contributed by atoms with E-state index in [1.54, 1.807) is 11.3 Å². The van der Waals surface area contributed by atoms with Crippen molar-refractivity contribution in [2.45, 2.75) is 45.1 Å². The Morgan fingerprint density at radius 3 is 2.88 bits per heavy atom. The van der Waals surface area contributed by atoms with Gasteiger partial charge in [0.15, 0.2) is 0 Å². The lowest BCUT2D eigenvalue weighted by atomic mass is 9.83. The number of likely N-dealkylation sites (tertiary alicyclic amines) is 2. The third kappa shape index (κ3) is 3.64. The second kappa shape index (κ2) is 7.66. The zero-order chi connectivity index (χ0) is 17.1. The molecular weight excluding hydrogens is 324 g/mol. The Morgan fingerprint density at radius 1 is 1.33 bits per heavy atom. The molecule has 0 saturated carbocycles. The Balaban J connectivity index is 1.63. The molecule has 0 spiro atoms. The van der Waals surface area contributed by atoms with Gasteiger partial charge in [0.25, 0.3) is 5.91 Å². The first-order valence-electron chi connectivity index (χ1n) is 8.86. The fourth-order valence-electron chi connectivity index (χ4n) is 3.93. The van der Waals surface area contributed by atoms with Gasteiger partial charge in [-0.05, 0) is 50.7 Å². The van der Waals surface area contributed by atoms with Gasteiger partial charge in [-0.15, -0.1) is 11.3 Å². The molecule has 2 atom stereocenters. The minimum atomic E-state index is 0.135. The summed E-state index contributed by atoms with van der Waals surface area (Å²) < 4.78 is 0. The van der Waals surface area contributed by atoms with Gasteiger partial charge in [0.1, 0.15) is 0 Å². The first kappa shape index (κ1) is 17.4. The van der Waals surface area contributed by atoms with Crippen molar-refractivity contribution in [3.8, 4) is 0 Å². The number of aliphatic hydroxyl groups is 1. The smallest absolute Gasteiger partial charge is 0.263 e. The van der Waals surface area contributed by atoms with Crippen LogP contribution in [0.25, 0.3) is 0 Å². The number of nitrogens with zero attached hydrogens (tertiary/aromatic N) is 2. The fourth-order valence-corrected chi connectivity index (χ4v) is 4.76. The fraction of sp³-hybridized carbons (Fsp3) is 0.667. The molecular formula is C18H26N2O3S. The highest BCUT2D eigenvalue weighted by atomic mass is 32.1. The highest BCUT2D eigenvalue weighted by molar-refractivity contribution is 7.13. The number of rotatable bonds is 5. The van der Waals surface area contributed by atoms with Gasteiger partial charge in [0.2, 0.25) is 5.91 Å². The Hall–Kier alpha value is -1.40. The summed E-state index contributed by atoms with van der Waals surface area (Å²) in [7, 11) is 0. The third-order valence-corrected chi connectivity index (χ3v) is 6.18. The zero-order valence-corrected chi connectivity index (χ0v) is 15.1. The van der Waals surface area contributed by atoms with E-state index in [1.807, 2.05) is 28.9 Å². The number of carbonyl (C=O) groups excluding carboxylic acids is 2. The van der Waals surface area contributed by atoms with Crippen molar-refractivity contribution in [1.29, 1.82) is 0 Å². The van der Waals surface area contributed by atoms with E-state index < -0.39 is 0 Å². The van der Waals surface area contributed by atoms with Crippen molar-refractivity contribution < 1.29 is 14.7 Å². The van der Waals surface area contributed by atoms with E-state index in [-0.39, 0.29) is 24.5 Å². The summed E-state index contributed by atoms with van der Waals surface area (Å²) in [6.07, 6.45) is 3.92. The van der Waals surface area contributed by atoms with Crippen molar-refractivity contribution >= 4 is 23.2 Å². The largest absolute Gasteiger partial charge is 0.396 e. The summed E-state index contributed by atoms with van der Waals surface area (Å²) in [5, 5.41) is 8.95. The molecule has 1 N–H and O–H groups in total. The molecule has 1 aromatic heterocycles. The molecule has 2 aliphatic rings. The van der Waals surface area contributed by atoms with Crippen molar-refractivity contribution in [2.24, 2.45) is 5.92 Å². The molecule has 132 valence electrons. The van der Waals surface area contributed by atoms with Crippen LogP contribution in [0.2, 0.25) is 0 Å². The first-order chi connectivity index (χ1) is 11.6. The number of piperidine rings is 2. The minimum Gasteiger partial charge on any atom is -0.396 e. The van der Waals surface area contributed by atoms with Gasteiger partial charge in [0.05, 0.1) is 4.88 Å². The number of aliphatic hydroxyl groups excluding tert-OH is 1. The number of thiophene rings is 1. The summed E-state index contributed by atoms with van der Waals surface area (Å²) in [4.78, 5) is 30.9. The molecule has 3 heterocycles. The molecule has 0 radical (unpaired) electrons. The topological polar surface area (TPSA) is 60.9 Å². The van der Waals surface area contributed by atoms with Gasteiger partial charge in [-0.25, -0.2) is 0 Å². The van der Waals surface area contributed by atoms with Gasteiger partial charge in [-0.3, -0.25) is 9.59 Å². The highest BCUT2D eigenvalue weighted by Gasteiger charge is 2.40. The van der Waals surface area contributed by atoms with Crippen molar-refractivity contribution in [2.75, 3.05) is 26.2 Å². The lowest BCUT2D eigenvalue weighted by Gasteiger charge is -2.47. The number of hydrogen-bond donors (Lipinski definition) is 1. The zero-order valence-electron chi connectivity index (χ0n) is 14.2. The molecule has 2 amide bonds. The molecule has 3 rings (SSSR count). The molecule has 24 heavy (non-hydrogen) atoms. The SMILES string of the molecule is Cc1ccc(C(=O)N2CC[C@@H]3[C@@H](CCC(=O)N3CCCCO)C2)s1. The van der Waals surface area contributed by atoms with E-state index in [0.717, 1.165) is 55.1 Å². The van der Waals surface area contributed by atoms with E-state index in [2.05, 4.69) is 0 Å². The van der Waals surface area contributed by atoms with E-state index >= 15 is 0 Å². The maximum Gasteiger partial charge on any atom is 0.263 e. The van der Waals surface area contributed by atoms with Crippen LogP contribution in [-0.4, -0.2) is 59.0 Å². The van der Waals surface area contributed by atoms with Gasteiger partial charge in [-0.2, -0.15) is 0 Å². The Kier molecular flexibility index (Phi) is 5.56. The van der Waals surface area contributed by atoms with Gasteiger partial charge in [-0.1, -0.05) is 0 Å². The second-order valence-electron chi connectivity index (χ2n) is 6.83. The molecule has 1 aromatic rings. The number of unbranched alkanes of at least 4 members (excludes halogenated alkanes) is 1. The molecule has 2 aliphatic heterocycles. The van der Waals surface area contributed by atoms with Crippen LogP contribution in [0.3, 0.4) is 0 Å². The molecule has 5 nitrogen and oxygen atoms in total. The van der Waals surface area contributed by atoms with Crippen molar-refractivity contribution in [1.82, 2.24) is 9.80 Å². The van der Waals surface area contributed by atoms with Crippen LogP contribution in [0.5, 0.6) is 0 Å². The first-order valence-corrected chi connectivity index (χ1v) is 9.68. The molecule has 0 bridgehead atoms. The molecule has 2 fully saturated rings. The van der Waals surface area contributed by atoms with Gasteiger partial charge >= 0.3 is 0 Å². The quantitative estimate of drug-likeness (QED) is 0.829. The summed E-state index contributed by atoms with van der Waals surface area (Å²) in [6, 6.07) is 4.17. The van der Waals surface area contributed by atoms with Gasteiger partial charge in [0, 0.05) is 43.6 Å². The summed E-state index contributed by atoms with van der Waals surface area (Å²) in [5.41, 5.74) is 0. The number of fused-ring (bicyclic) bond motifs is 1. The normalized spacial score (nSPS) is 24.2. The number of amides is 2. The van der Waals surface area contributed by atoms with Crippen LogP contribution in [0.15, 0.2) is 12.1 Å². The predicted molar refractivity (Wildman–Crippen MR) is 94.1 cm³/mol.